The van der Waals surface area contributed by atoms with Crippen LogP contribution in [0.5, 0.6) is 0 Å². The molecule has 0 amide bonds. The van der Waals surface area contributed by atoms with Gasteiger partial charge in [0, 0.05) is 12.3 Å². The first-order valence-electron chi connectivity index (χ1n) is 8.19. The Morgan fingerprint density at radius 1 is 0.667 bits per heavy atom. The van der Waals surface area contributed by atoms with Gasteiger partial charge in [0.1, 0.15) is 0 Å². The van der Waals surface area contributed by atoms with Gasteiger partial charge in [-0.1, -0.05) is 44.6 Å². The van der Waals surface area contributed by atoms with E-state index in [1.807, 2.05) is 0 Å². The van der Waals surface area contributed by atoms with Gasteiger partial charge >= 0.3 is 0 Å². The monoisotopic (exact) mass is 247 g/mol. The molecule has 1 nitrogen and oxygen atoms in total. The van der Waals surface area contributed by atoms with Crippen LogP contribution in [0.15, 0.2) is 16.6 Å². The molecule has 0 aromatic heterocycles. The molecule has 0 bridgehead atoms. The normalized spacial score (nSPS) is 24.4. The Morgan fingerprint density at radius 3 is 2.22 bits per heavy atom. The topological polar surface area (TPSA) is 12.4 Å². The fourth-order valence-electron chi connectivity index (χ4n) is 3.12. The Hall–Kier alpha value is -0.590. The summed E-state index contributed by atoms with van der Waals surface area (Å²) in [6.45, 7) is 1.08. The quantitative estimate of drug-likeness (QED) is 0.584. The third kappa shape index (κ3) is 4.96. The fourth-order valence-corrected chi connectivity index (χ4v) is 3.12. The van der Waals surface area contributed by atoms with Gasteiger partial charge in [-0.25, -0.2) is 0 Å². The smallest absolute Gasteiger partial charge is 0.0392 e. The van der Waals surface area contributed by atoms with E-state index in [1.54, 1.807) is 5.57 Å². The molecule has 1 heterocycles. The van der Waals surface area contributed by atoms with Crippen LogP contribution in [0.25, 0.3) is 0 Å². The number of nitrogens with zero attached hydrogens (tertiary/aromatic N) is 1. The van der Waals surface area contributed by atoms with Gasteiger partial charge in [0.25, 0.3) is 0 Å². The minimum Gasteiger partial charge on any atom is -0.289 e. The minimum absolute atomic E-state index is 1.08. The van der Waals surface area contributed by atoms with E-state index in [4.69, 9.17) is 4.99 Å². The van der Waals surface area contributed by atoms with E-state index < -0.39 is 0 Å². The van der Waals surface area contributed by atoms with E-state index in [0.29, 0.717) is 0 Å². The molecule has 2 rings (SSSR count). The maximum atomic E-state index is 4.92. The maximum Gasteiger partial charge on any atom is 0.0392 e. The largest absolute Gasteiger partial charge is 0.289 e. The molecular formula is C17H29N. The standard InChI is InChI=1S/C17H29N/c1-2-5-9-13-16(12-8-4-1)17-14-10-6-3-7-11-15-18-17/h12H,1-11,13-15H2. The van der Waals surface area contributed by atoms with Crippen molar-refractivity contribution >= 4 is 5.71 Å². The van der Waals surface area contributed by atoms with Gasteiger partial charge in [-0.3, -0.25) is 4.99 Å². The molecule has 0 saturated heterocycles. The molecule has 0 fully saturated rings. The van der Waals surface area contributed by atoms with Gasteiger partial charge in [-0.05, 0) is 50.5 Å². The Balaban J connectivity index is 1.99. The lowest BCUT2D eigenvalue weighted by atomic mass is 9.98. The van der Waals surface area contributed by atoms with Crippen molar-refractivity contribution in [2.24, 2.45) is 4.99 Å². The molecule has 2 aliphatic rings. The zero-order valence-corrected chi connectivity index (χ0v) is 11.9. The van der Waals surface area contributed by atoms with Crippen molar-refractivity contribution in [3.63, 3.8) is 0 Å². The van der Waals surface area contributed by atoms with Crippen molar-refractivity contribution in [2.75, 3.05) is 6.54 Å². The van der Waals surface area contributed by atoms with E-state index in [-0.39, 0.29) is 0 Å². The molecular weight excluding hydrogens is 218 g/mol. The molecule has 1 heteroatoms. The molecule has 0 radical (unpaired) electrons. The van der Waals surface area contributed by atoms with Crippen LogP contribution in [0, 0.1) is 0 Å². The lowest BCUT2D eigenvalue weighted by molar-refractivity contribution is 0.630. The second-order valence-electron chi connectivity index (χ2n) is 5.88. The van der Waals surface area contributed by atoms with E-state index in [1.165, 1.54) is 89.2 Å². The lowest BCUT2D eigenvalue weighted by Gasteiger charge is -2.10. The number of rotatable bonds is 1. The van der Waals surface area contributed by atoms with Crippen molar-refractivity contribution < 1.29 is 0 Å². The van der Waals surface area contributed by atoms with Crippen molar-refractivity contribution in [3.8, 4) is 0 Å². The third-order valence-corrected chi connectivity index (χ3v) is 4.29. The fraction of sp³-hybridized carbons (Fsp3) is 0.824. The van der Waals surface area contributed by atoms with Crippen molar-refractivity contribution in [2.45, 2.75) is 83.5 Å². The third-order valence-electron chi connectivity index (χ3n) is 4.29. The van der Waals surface area contributed by atoms with Crippen LogP contribution in [0.4, 0.5) is 0 Å². The maximum absolute atomic E-state index is 4.92. The van der Waals surface area contributed by atoms with Gasteiger partial charge in [0.2, 0.25) is 0 Å². The van der Waals surface area contributed by atoms with Crippen LogP contribution in [0.3, 0.4) is 0 Å². The Kier molecular flexibility index (Phi) is 6.53. The lowest BCUT2D eigenvalue weighted by Crippen LogP contribution is -2.04. The molecule has 0 aromatic rings. The van der Waals surface area contributed by atoms with Crippen molar-refractivity contribution in [1.82, 2.24) is 0 Å². The van der Waals surface area contributed by atoms with Gasteiger partial charge in [0.05, 0.1) is 0 Å². The molecule has 0 atom stereocenters. The second kappa shape index (κ2) is 8.50. The molecule has 18 heavy (non-hydrogen) atoms. The van der Waals surface area contributed by atoms with E-state index >= 15 is 0 Å². The van der Waals surface area contributed by atoms with Crippen LogP contribution in [0.1, 0.15) is 83.5 Å². The van der Waals surface area contributed by atoms with Crippen LogP contribution in [-0.2, 0) is 0 Å². The minimum atomic E-state index is 1.08. The van der Waals surface area contributed by atoms with Crippen molar-refractivity contribution in [1.29, 1.82) is 0 Å². The molecule has 0 aromatic carbocycles. The number of aliphatic imine (C=N–C) groups is 1. The second-order valence-corrected chi connectivity index (χ2v) is 5.88. The summed E-state index contributed by atoms with van der Waals surface area (Å²) in [6.07, 6.45) is 20.3. The molecule has 102 valence electrons. The van der Waals surface area contributed by atoms with Crippen LogP contribution in [0.2, 0.25) is 0 Å². The summed E-state index contributed by atoms with van der Waals surface area (Å²) in [5.41, 5.74) is 3.08. The van der Waals surface area contributed by atoms with E-state index in [9.17, 15) is 0 Å². The molecule has 0 spiro atoms. The van der Waals surface area contributed by atoms with E-state index in [0.717, 1.165) is 6.54 Å². The molecule has 0 unspecified atom stereocenters. The highest BCUT2D eigenvalue weighted by atomic mass is 14.7. The Bertz CT molecular complexity index is 258. The highest BCUT2D eigenvalue weighted by Gasteiger charge is 2.09. The van der Waals surface area contributed by atoms with E-state index in [2.05, 4.69) is 6.08 Å². The van der Waals surface area contributed by atoms with Gasteiger partial charge in [-0.2, -0.15) is 0 Å². The van der Waals surface area contributed by atoms with Crippen LogP contribution < -0.4 is 0 Å². The zero-order chi connectivity index (χ0) is 12.5. The predicted molar refractivity (Wildman–Crippen MR) is 80.4 cm³/mol. The number of hydrogen-bond donors (Lipinski definition) is 0. The highest BCUT2D eigenvalue weighted by Crippen LogP contribution is 2.21. The van der Waals surface area contributed by atoms with Gasteiger partial charge in [-0.15, -0.1) is 0 Å². The summed E-state index contributed by atoms with van der Waals surface area (Å²) in [7, 11) is 0. The average molecular weight is 247 g/mol. The first-order valence-corrected chi connectivity index (χ1v) is 8.19. The zero-order valence-electron chi connectivity index (χ0n) is 11.9. The molecule has 0 N–H and O–H groups in total. The van der Waals surface area contributed by atoms with Crippen molar-refractivity contribution in [3.05, 3.63) is 11.6 Å². The van der Waals surface area contributed by atoms with Crippen LogP contribution >= 0.6 is 0 Å². The highest BCUT2D eigenvalue weighted by molar-refractivity contribution is 6.00. The Labute approximate surface area is 113 Å². The summed E-state index contributed by atoms with van der Waals surface area (Å²) in [4.78, 5) is 4.92. The molecule has 1 aliphatic heterocycles. The summed E-state index contributed by atoms with van der Waals surface area (Å²) in [5.74, 6) is 0. The summed E-state index contributed by atoms with van der Waals surface area (Å²) in [5, 5.41) is 0. The number of hydrogen-bond acceptors (Lipinski definition) is 1. The summed E-state index contributed by atoms with van der Waals surface area (Å²) in [6, 6.07) is 0. The summed E-state index contributed by atoms with van der Waals surface area (Å²) < 4.78 is 0. The first kappa shape index (κ1) is 13.8. The van der Waals surface area contributed by atoms with Crippen LogP contribution in [-0.4, -0.2) is 12.3 Å². The number of allylic oxidation sites excluding steroid dienone is 2. The SMILES string of the molecule is C1=C(C2=NCCCCCCC2)CCCCCCC1. The Morgan fingerprint density at radius 2 is 1.33 bits per heavy atom. The predicted octanol–water partition coefficient (Wildman–Crippen LogP) is 5.45. The summed E-state index contributed by atoms with van der Waals surface area (Å²) >= 11 is 0. The molecule has 0 saturated carbocycles. The van der Waals surface area contributed by atoms with Gasteiger partial charge < -0.3 is 0 Å². The van der Waals surface area contributed by atoms with Gasteiger partial charge in [0.15, 0.2) is 0 Å². The first-order chi connectivity index (χ1) is 8.97. The molecule has 1 aliphatic carbocycles. The average Bonchev–Trinajstić information content (AvgIpc) is 2.61.